The van der Waals surface area contributed by atoms with Crippen molar-refractivity contribution in [2.75, 3.05) is 40.0 Å². The van der Waals surface area contributed by atoms with E-state index >= 15 is 28.8 Å². The molecule has 3 saturated heterocycles. The highest BCUT2D eigenvalue weighted by Gasteiger charge is 2.54. The SMILES string of the molecule is CCCCCCCCCCCC[n+]1ccc(CCC2(C)CC(OC3C(Oc4c5cc6cc4Oc4ccc(cc4Cl)C(O)C4NC(=O)[C@@H](CC(=O)[C@@H]6NC(=O)C(CC(N)=O)CC(=O)C(NC(=O)C(CC(C)C)NC)C(O)c6ccc(c(Cl)c6)O5)c5ccc(O)c(c5)-c5c(O)cc(O)cc5[C@@H](C(=O)NCCCNC(=O)C(O)C(O)C(OC5OC(CO)C(O)C(O)C5O)C(O)CO)NC4=O)OC(CO)C(O)C3O)OC(C)C2O)cc1. The van der Waals surface area contributed by atoms with Crippen molar-refractivity contribution in [1.29, 1.82) is 0 Å². The molecular formula is C102H136Cl2N9O34+. The van der Waals surface area contributed by atoms with Crippen LogP contribution < -0.4 is 61.7 Å². The Morgan fingerprint density at radius 3 is 1.84 bits per heavy atom. The number of carbonyl (C=O) groups excluding carboxylic acids is 9. The zero-order valence-electron chi connectivity index (χ0n) is 82.2. The average Bonchev–Trinajstić information content (AvgIpc) is 0.764. The monoisotopic (exact) mass is 2100 g/mol. The van der Waals surface area contributed by atoms with Gasteiger partial charge in [-0.2, -0.15) is 0 Å². The number of Topliss-reactive ketones (excluding diaryl/α,β-unsaturated/α-hetero) is 2. The number of aryl methyl sites for hydroxylation is 2. The van der Waals surface area contributed by atoms with Crippen molar-refractivity contribution < 1.29 is 172 Å². The van der Waals surface area contributed by atoms with E-state index in [9.17, 15) is 101 Å². The van der Waals surface area contributed by atoms with Gasteiger partial charge < -0.3 is 168 Å². The molecule has 45 heteroatoms. The van der Waals surface area contributed by atoms with Crippen molar-refractivity contribution in [1.82, 2.24) is 37.2 Å². The molecule has 3 fully saturated rings. The quantitative estimate of drug-likeness (QED) is 0.0194. The van der Waals surface area contributed by atoms with Gasteiger partial charge in [-0.05, 0) is 140 Å². The maximum atomic E-state index is 16.7. The Morgan fingerprint density at radius 1 is 0.626 bits per heavy atom. The molecule has 0 spiro atoms. The molecule has 24 unspecified atom stereocenters. The number of carbonyl (C=O) groups is 9. The molecule has 8 aliphatic heterocycles. The molecule has 6 aromatic rings. The number of nitrogens with zero attached hydrogens (tertiary/aromatic N) is 1. The summed E-state index contributed by atoms with van der Waals surface area (Å²) in [6.07, 6.45) is -22.9. The topological polar surface area (TPSA) is 685 Å². The summed E-state index contributed by atoms with van der Waals surface area (Å²) in [5.74, 6) is -20.2. The van der Waals surface area contributed by atoms with Crippen LogP contribution in [0, 0.1) is 17.3 Å². The summed E-state index contributed by atoms with van der Waals surface area (Å²) in [7, 11) is 1.48. The van der Waals surface area contributed by atoms with Gasteiger partial charge in [0.2, 0.25) is 47.5 Å². The lowest BCUT2D eigenvalue weighted by Crippen LogP contribution is -2.62. The smallest absolute Gasteiger partial charge is 0.251 e. The van der Waals surface area contributed by atoms with Crippen LogP contribution in [-0.4, -0.2) is 302 Å². The fourth-order valence-corrected chi connectivity index (χ4v) is 19.7. The second-order valence-corrected chi connectivity index (χ2v) is 40.0. The van der Waals surface area contributed by atoms with E-state index in [1.807, 2.05) is 45.3 Å². The number of primary amides is 1. The minimum Gasteiger partial charge on any atom is -0.508 e. The molecule has 11 bridgehead atoms. The average molecular weight is 2100 g/mol. The van der Waals surface area contributed by atoms with E-state index in [1.54, 1.807) is 6.92 Å². The number of halogens is 2. The van der Waals surface area contributed by atoms with Crippen LogP contribution in [0.2, 0.25) is 10.0 Å². The molecular weight excluding hydrogens is 1970 g/mol. The number of aromatic hydroxyl groups is 3. The van der Waals surface area contributed by atoms with Gasteiger partial charge in [0.05, 0.1) is 60.0 Å². The number of amides is 7. The number of aliphatic hydroxyl groups is 14. The number of pyridine rings is 1. The first-order valence-electron chi connectivity index (χ1n) is 49.5. The minimum atomic E-state index is -2.53. The summed E-state index contributed by atoms with van der Waals surface area (Å²) in [6.45, 7) is 6.05. The Kier molecular flexibility index (Phi) is 40.9. The molecule has 806 valence electrons. The Bertz CT molecular complexity index is 5560. The largest absolute Gasteiger partial charge is 0.508 e. The van der Waals surface area contributed by atoms with Gasteiger partial charge in [-0.3, -0.25) is 43.2 Å². The van der Waals surface area contributed by atoms with Gasteiger partial charge in [-0.1, -0.05) is 120 Å². The molecule has 147 heavy (non-hydrogen) atoms. The van der Waals surface area contributed by atoms with Crippen molar-refractivity contribution in [3.05, 3.63) is 147 Å². The summed E-state index contributed by atoms with van der Waals surface area (Å²) in [4.78, 5) is 136. The number of unbranched alkanes of at least 4 members (excludes halogenated alkanes) is 9. The molecule has 1 aromatic heterocycles. The molecule has 0 saturated carbocycles. The van der Waals surface area contributed by atoms with E-state index in [1.165, 1.54) is 70.2 Å². The van der Waals surface area contributed by atoms with Gasteiger partial charge in [0.1, 0.15) is 133 Å². The maximum Gasteiger partial charge on any atom is 0.251 e. The second-order valence-electron chi connectivity index (χ2n) is 39.2. The molecule has 27 atom stereocenters. The van der Waals surface area contributed by atoms with Gasteiger partial charge >= 0.3 is 0 Å². The van der Waals surface area contributed by atoms with Crippen molar-refractivity contribution >= 4 is 76.1 Å². The lowest BCUT2D eigenvalue weighted by molar-refractivity contribution is -0.697. The zero-order chi connectivity index (χ0) is 107. The normalized spacial score (nSPS) is 28.0. The number of ether oxygens (including phenoxy) is 8. The fourth-order valence-electron chi connectivity index (χ4n) is 19.2. The third kappa shape index (κ3) is 28.4. The zero-order valence-corrected chi connectivity index (χ0v) is 83.7. The van der Waals surface area contributed by atoms with Gasteiger partial charge in [0.15, 0.2) is 60.2 Å². The predicted octanol–water partition coefficient (Wildman–Crippen LogP) is 2.01. The third-order valence-corrected chi connectivity index (χ3v) is 28.3. The molecule has 26 N–H and O–H groups in total. The number of hydrogen-bond acceptors (Lipinski definition) is 35. The number of aliphatic hydroxyl groups excluding tert-OH is 14. The van der Waals surface area contributed by atoms with Gasteiger partial charge in [-0.25, -0.2) is 4.57 Å². The van der Waals surface area contributed by atoms with Crippen LogP contribution in [0.1, 0.15) is 207 Å². The van der Waals surface area contributed by atoms with Crippen LogP contribution in [-0.2, 0) is 79.8 Å². The number of nitrogens with one attached hydrogen (secondary N) is 7. The number of rotatable bonds is 39. The Hall–Kier alpha value is -10.5. The number of nitrogens with two attached hydrogens (primary N) is 1. The Morgan fingerprint density at radius 2 is 1.23 bits per heavy atom. The lowest BCUT2D eigenvalue weighted by Gasteiger charge is -2.48. The third-order valence-electron chi connectivity index (χ3n) is 27.7. The molecule has 14 rings (SSSR count). The van der Waals surface area contributed by atoms with E-state index in [0.29, 0.717) is 12.8 Å². The maximum absolute atomic E-state index is 16.7. The van der Waals surface area contributed by atoms with Crippen LogP contribution in [0.15, 0.2) is 103 Å². The van der Waals surface area contributed by atoms with Gasteiger partial charge in [0, 0.05) is 79.9 Å². The summed E-state index contributed by atoms with van der Waals surface area (Å²) in [5.41, 5.74) is 3.14. The van der Waals surface area contributed by atoms with Crippen molar-refractivity contribution in [2.45, 2.75) is 309 Å². The highest BCUT2D eigenvalue weighted by Crippen LogP contribution is 2.52. The highest BCUT2D eigenvalue weighted by molar-refractivity contribution is 6.32. The van der Waals surface area contributed by atoms with E-state index < -0.39 is 337 Å². The summed E-state index contributed by atoms with van der Waals surface area (Å²) in [5, 5.41) is 209. The van der Waals surface area contributed by atoms with E-state index in [0.717, 1.165) is 92.0 Å². The number of aromatic nitrogens is 1. The second kappa shape index (κ2) is 52.3. The van der Waals surface area contributed by atoms with Crippen LogP contribution >= 0.6 is 23.2 Å². The number of benzene rings is 5. The number of ketones is 2. The highest BCUT2D eigenvalue weighted by atomic mass is 35.5. The number of fused-ring (bicyclic) bond motifs is 15. The standard InChI is InChI=1S/C102H135Cl2N9O34/c1-7-8-9-10-11-12-13-14-15-16-30-113-31-25-50(26-32-113)24-27-102(5)44-75(140-49(4)93(102)133)145-92-86(129)84(127)73(47-116)144-101(92)147-91-70-38-54-39-71(91)142-69-23-20-53(36-61(69)104)82(125)80-98(138)110-78(97(137)107-28-17-29-108-99(139)88(131)87(130)90(67(122)45-114)146-100-89(132)85(128)83(126)72(46-115)143-100)59-41-56(117)42-64(119)76(59)58-34-51(18-21-63(58)118)57(95(135)112-80)43-66(121)77(54)109-94(134)55(40-74(105)123)37-65(120)79(111-96(136)62(106-6)33-48(2)3)81(124)52-19-22-68(141-70)60(103)35-52/h18-23,25-26,31-32,34-36,38-39,41-42,48-49,55,57,62,67,72-73,75,77-90,92-93,100-101,106,114-116,122,124-133H,7-17,24,27-30,33,37,40,43-47H2,1-6H3,(H10-,105,107,108,109,110,111,112,117,118,119,123,134,135,136,137,138,139)/p+1/t49?,55?,57-,62?,67?,72?,73?,75?,77+,78-,79?,80?,81?,82?,83?,84?,85?,86?,87?,88?,89?,90?,92?,93?,100?,101?,102?/m0/s1. The summed E-state index contributed by atoms with van der Waals surface area (Å²) < 4.78 is 53.0. The van der Waals surface area contributed by atoms with Crippen LogP contribution in [0.3, 0.4) is 0 Å². The van der Waals surface area contributed by atoms with Crippen molar-refractivity contribution in [2.24, 2.45) is 23.0 Å². The fraction of sp³-hybridized carbons (Fsp3) is 0.569. The van der Waals surface area contributed by atoms with E-state index in [2.05, 4.69) is 48.7 Å². The van der Waals surface area contributed by atoms with Crippen molar-refractivity contribution in [3.63, 3.8) is 0 Å². The van der Waals surface area contributed by atoms with Crippen LogP contribution in [0.25, 0.3) is 11.1 Å². The first kappa shape index (κ1) is 115. The number of likely N-dealkylation sites (N-methyl/N-ethyl adjacent to an activating group) is 1. The summed E-state index contributed by atoms with van der Waals surface area (Å²) >= 11 is 14.6. The van der Waals surface area contributed by atoms with Crippen LogP contribution in [0.4, 0.5) is 0 Å². The lowest BCUT2D eigenvalue weighted by atomic mass is 9.73. The first-order chi connectivity index (χ1) is 70.0. The minimum absolute atomic E-state index is 0.0616. The van der Waals surface area contributed by atoms with Gasteiger partial charge in [-0.15, -0.1) is 0 Å². The molecule has 9 heterocycles. The Labute approximate surface area is 857 Å². The van der Waals surface area contributed by atoms with E-state index in [-0.39, 0.29) is 52.6 Å². The first-order valence-corrected chi connectivity index (χ1v) is 50.3. The van der Waals surface area contributed by atoms with Crippen molar-refractivity contribution in [3.8, 4) is 57.1 Å². The molecule has 43 nitrogen and oxygen atoms in total. The number of phenols is 3. The molecule has 0 radical (unpaired) electrons. The molecule has 8 aliphatic rings. The van der Waals surface area contributed by atoms with Gasteiger partial charge in [0.25, 0.3) is 5.91 Å². The molecule has 7 amide bonds. The van der Waals surface area contributed by atoms with Crippen LogP contribution in [0.5, 0.6) is 46.0 Å². The summed E-state index contributed by atoms with van der Waals surface area (Å²) in [6, 6.07) is 8.26. The molecule has 5 aromatic carbocycles. The Balaban J connectivity index is 0.937. The predicted molar refractivity (Wildman–Crippen MR) is 521 cm³/mol. The molecule has 0 aliphatic carbocycles. The van der Waals surface area contributed by atoms with E-state index in [4.69, 9.17) is 66.8 Å². The number of hydrogen-bond donors (Lipinski definition) is 25. The number of phenolic OH excluding ortho intramolecular Hbond substituents is 3.